The van der Waals surface area contributed by atoms with Crippen LogP contribution in [0.25, 0.3) is 0 Å². The molecule has 2 atom stereocenters. The number of carbonyl (C=O) groups is 2. The van der Waals surface area contributed by atoms with Gasteiger partial charge in [0.25, 0.3) is 5.91 Å². The van der Waals surface area contributed by atoms with Gasteiger partial charge in [-0.15, -0.1) is 0 Å². The van der Waals surface area contributed by atoms with Crippen molar-refractivity contribution in [3.63, 3.8) is 0 Å². The molecular weight excluding hydrogens is 248 g/mol. The summed E-state index contributed by atoms with van der Waals surface area (Å²) in [6, 6.07) is 4.56. The maximum Gasteiger partial charge on any atom is 0.328 e. The van der Waals surface area contributed by atoms with Gasteiger partial charge < -0.3 is 20.9 Å². The number of aliphatic carboxylic acids is 1. The number of amides is 1. The first-order valence-electron chi connectivity index (χ1n) is 5.75. The summed E-state index contributed by atoms with van der Waals surface area (Å²) in [5.41, 5.74) is 7.07. The van der Waals surface area contributed by atoms with Crippen LogP contribution < -0.4 is 15.8 Å². The van der Waals surface area contributed by atoms with E-state index in [4.69, 9.17) is 15.6 Å². The summed E-state index contributed by atoms with van der Waals surface area (Å²) < 4.78 is 5.41. The number of nitrogens with two attached hydrogens (primary N) is 1. The molecule has 0 saturated carbocycles. The Morgan fingerprint density at radius 2 is 2.32 bits per heavy atom. The van der Waals surface area contributed by atoms with Crippen molar-refractivity contribution in [2.75, 3.05) is 5.32 Å². The van der Waals surface area contributed by atoms with Gasteiger partial charge in [-0.3, -0.25) is 4.79 Å². The highest BCUT2D eigenvalue weighted by molar-refractivity contribution is 5.97. The van der Waals surface area contributed by atoms with Crippen LogP contribution in [0.15, 0.2) is 30.4 Å². The third-order valence-electron chi connectivity index (χ3n) is 2.77. The predicted molar refractivity (Wildman–Crippen MR) is 68.9 cm³/mol. The molecular formula is C13H14N2O4. The first-order valence-corrected chi connectivity index (χ1v) is 5.75. The van der Waals surface area contributed by atoms with Gasteiger partial charge >= 0.3 is 5.97 Å². The highest BCUT2D eigenvalue weighted by Crippen LogP contribution is 2.31. The van der Waals surface area contributed by atoms with Gasteiger partial charge in [0.1, 0.15) is 5.75 Å². The second-order valence-corrected chi connectivity index (χ2v) is 4.23. The Morgan fingerprint density at radius 3 is 3.00 bits per heavy atom. The first-order chi connectivity index (χ1) is 8.97. The molecule has 1 aliphatic rings. The van der Waals surface area contributed by atoms with E-state index in [1.54, 1.807) is 25.1 Å². The second kappa shape index (κ2) is 5.11. The number of carboxylic acid groups (broad SMARTS) is 1. The van der Waals surface area contributed by atoms with Crippen molar-refractivity contribution in [1.82, 2.24) is 0 Å². The minimum absolute atomic E-state index is 0.223. The van der Waals surface area contributed by atoms with Gasteiger partial charge in [0.15, 0.2) is 6.10 Å². The number of benzene rings is 1. The van der Waals surface area contributed by atoms with Crippen molar-refractivity contribution in [2.45, 2.75) is 19.1 Å². The van der Waals surface area contributed by atoms with Crippen LogP contribution in [0.4, 0.5) is 5.69 Å². The molecule has 6 heteroatoms. The molecule has 0 bridgehead atoms. The molecule has 0 radical (unpaired) electrons. The average molecular weight is 262 g/mol. The summed E-state index contributed by atoms with van der Waals surface area (Å²) in [5, 5.41) is 11.3. The number of hydrogen-bond donors (Lipinski definition) is 3. The van der Waals surface area contributed by atoms with Crippen molar-refractivity contribution in [3.8, 4) is 5.75 Å². The molecule has 0 aromatic heterocycles. The molecule has 0 fully saturated rings. The highest BCUT2D eigenvalue weighted by Gasteiger charge is 2.23. The predicted octanol–water partition coefficient (Wildman–Crippen LogP) is 1.05. The number of hydrogen-bond acceptors (Lipinski definition) is 4. The summed E-state index contributed by atoms with van der Waals surface area (Å²) in [6.07, 6.45) is 1.83. The van der Waals surface area contributed by atoms with Crippen molar-refractivity contribution in [1.29, 1.82) is 0 Å². The van der Waals surface area contributed by atoms with Crippen LogP contribution in [0.1, 0.15) is 18.5 Å². The lowest BCUT2D eigenvalue weighted by atomic mass is 10.0. The molecule has 2 rings (SSSR count). The van der Waals surface area contributed by atoms with E-state index >= 15 is 0 Å². The van der Waals surface area contributed by atoms with E-state index in [9.17, 15) is 9.59 Å². The maximum atomic E-state index is 11.5. The molecule has 100 valence electrons. The normalized spacial score (nSPS) is 19.5. The van der Waals surface area contributed by atoms with Gasteiger partial charge in [-0.2, -0.15) is 0 Å². The van der Waals surface area contributed by atoms with E-state index in [-0.39, 0.29) is 5.91 Å². The summed E-state index contributed by atoms with van der Waals surface area (Å²) >= 11 is 0. The third-order valence-corrected chi connectivity index (χ3v) is 2.77. The van der Waals surface area contributed by atoms with Crippen LogP contribution in [-0.4, -0.2) is 23.1 Å². The van der Waals surface area contributed by atoms with Gasteiger partial charge in [-0.1, -0.05) is 12.1 Å². The molecule has 19 heavy (non-hydrogen) atoms. The number of ether oxygens (including phenoxy) is 1. The van der Waals surface area contributed by atoms with Crippen molar-refractivity contribution in [2.24, 2.45) is 5.73 Å². The van der Waals surface area contributed by atoms with E-state index in [0.717, 1.165) is 6.08 Å². The molecule has 0 saturated heterocycles. The van der Waals surface area contributed by atoms with Crippen molar-refractivity contribution in [3.05, 3.63) is 35.9 Å². The van der Waals surface area contributed by atoms with E-state index < -0.39 is 18.1 Å². The fourth-order valence-electron chi connectivity index (χ4n) is 1.73. The average Bonchev–Trinajstić information content (AvgIpc) is 2.36. The Balaban J connectivity index is 2.24. The van der Waals surface area contributed by atoms with Crippen molar-refractivity contribution >= 4 is 17.6 Å². The monoisotopic (exact) mass is 262 g/mol. The van der Waals surface area contributed by atoms with E-state index in [1.807, 2.05) is 0 Å². The summed E-state index contributed by atoms with van der Waals surface area (Å²) in [6.45, 7) is 1.66. The van der Waals surface area contributed by atoms with E-state index in [1.165, 1.54) is 6.08 Å². The summed E-state index contributed by atoms with van der Waals surface area (Å²) in [4.78, 5) is 21.9. The zero-order valence-electron chi connectivity index (χ0n) is 10.3. The minimum Gasteiger partial charge on any atom is -0.479 e. The minimum atomic E-state index is -1.06. The van der Waals surface area contributed by atoms with E-state index in [0.29, 0.717) is 17.0 Å². The largest absolute Gasteiger partial charge is 0.479 e. The molecule has 1 aliphatic heterocycles. The van der Waals surface area contributed by atoms with Crippen LogP contribution in [0, 0.1) is 0 Å². The molecule has 0 spiro atoms. The SMILES string of the molecule is CC1Oc2ccc(C(N)/C=C/C(=O)O)cc2NC1=O. The van der Waals surface area contributed by atoms with Crippen LogP contribution in [0.3, 0.4) is 0 Å². The Bertz CT molecular complexity index is 554. The van der Waals surface area contributed by atoms with Gasteiger partial charge in [0, 0.05) is 12.1 Å². The zero-order chi connectivity index (χ0) is 14.0. The van der Waals surface area contributed by atoms with Crippen LogP contribution in [0.2, 0.25) is 0 Å². The smallest absolute Gasteiger partial charge is 0.328 e. The number of carbonyl (C=O) groups excluding carboxylic acids is 1. The number of nitrogens with one attached hydrogen (secondary N) is 1. The van der Waals surface area contributed by atoms with Gasteiger partial charge in [-0.05, 0) is 24.6 Å². The van der Waals surface area contributed by atoms with E-state index in [2.05, 4.69) is 5.32 Å². The Labute approximate surface area is 109 Å². The van der Waals surface area contributed by atoms with Gasteiger partial charge in [0.05, 0.1) is 5.69 Å². The topological polar surface area (TPSA) is 102 Å². The van der Waals surface area contributed by atoms with Crippen LogP contribution >= 0.6 is 0 Å². The van der Waals surface area contributed by atoms with Crippen LogP contribution in [0.5, 0.6) is 5.75 Å². The molecule has 1 aromatic carbocycles. The Morgan fingerprint density at radius 1 is 1.58 bits per heavy atom. The maximum absolute atomic E-state index is 11.5. The molecule has 0 aliphatic carbocycles. The lowest BCUT2D eigenvalue weighted by molar-refractivity contribution is -0.131. The number of anilines is 1. The molecule has 1 aromatic rings. The third kappa shape index (κ3) is 2.92. The van der Waals surface area contributed by atoms with Gasteiger partial charge in [-0.25, -0.2) is 4.79 Å². The molecule has 4 N–H and O–H groups in total. The molecule has 2 unspecified atom stereocenters. The fraction of sp³-hybridized carbons (Fsp3) is 0.231. The fourth-order valence-corrected chi connectivity index (χ4v) is 1.73. The second-order valence-electron chi connectivity index (χ2n) is 4.23. The lowest BCUT2D eigenvalue weighted by Gasteiger charge is -2.24. The Hall–Kier alpha value is -2.34. The molecule has 6 nitrogen and oxygen atoms in total. The lowest BCUT2D eigenvalue weighted by Crippen LogP contribution is -2.34. The molecule has 1 heterocycles. The standard InChI is InChI=1S/C13H14N2O4/c1-7-13(18)15-10-6-8(2-4-11(10)19-7)9(14)3-5-12(16)17/h2-7,9H,14H2,1H3,(H,15,18)(H,16,17)/b5-3+. The molecule has 1 amide bonds. The zero-order valence-corrected chi connectivity index (χ0v) is 10.3. The van der Waals surface area contributed by atoms with Crippen LogP contribution in [-0.2, 0) is 9.59 Å². The van der Waals surface area contributed by atoms with Gasteiger partial charge in [0.2, 0.25) is 0 Å². The van der Waals surface area contributed by atoms with Crippen molar-refractivity contribution < 1.29 is 19.4 Å². The summed E-state index contributed by atoms with van der Waals surface area (Å²) in [5.74, 6) is -0.705. The first kappa shape index (κ1) is 13.1. The number of rotatable bonds is 3. The number of carboxylic acids is 1. The highest BCUT2D eigenvalue weighted by atomic mass is 16.5. The quantitative estimate of drug-likeness (QED) is 0.706. The number of fused-ring (bicyclic) bond motifs is 1. The summed E-state index contributed by atoms with van der Waals surface area (Å²) in [7, 11) is 0. The Kier molecular flexibility index (Phi) is 3.52.